The van der Waals surface area contributed by atoms with Gasteiger partial charge in [0.15, 0.2) is 34.6 Å². The van der Waals surface area contributed by atoms with Crippen molar-refractivity contribution in [3.8, 4) is 96.1 Å². The molecule has 8 nitrogen and oxygen atoms in total. The van der Waals surface area contributed by atoms with E-state index in [-0.39, 0.29) is 11.1 Å². The number of nitrogens with zero attached hydrogens (tertiary/aromatic N) is 4. The van der Waals surface area contributed by atoms with Crippen LogP contribution in [0.4, 0.5) is 8.78 Å². The Morgan fingerprint density at radius 3 is 0.906 bits per heavy atom. The first-order valence-electron chi connectivity index (χ1n) is 55.6. The van der Waals surface area contributed by atoms with Crippen molar-refractivity contribution in [1.29, 1.82) is 0 Å². The summed E-state index contributed by atoms with van der Waals surface area (Å²) in [4.78, 5) is 8.16. The molecule has 0 fully saturated rings. The number of unbranched alkanes of at least 4 members (excludes halogenated alkanes) is 22. The molecular formula is C118H172F2N4O4S8Si2. The Balaban J connectivity index is 1.06. The highest BCUT2D eigenvalue weighted by atomic mass is 32.1. The molecule has 4 unspecified atom stereocenters. The number of hydrogen-bond donors (Lipinski definition) is 0. The topological polar surface area (TPSA) is 88.5 Å². The van der Waals surface area contributed by atoms with Crippen LogP contribution in [0, 0.1) is 49.2 Å². The summed E-state index contributed by atoms with van der Waals surface area (Å²) < 4.78 is 94.1. The van der Waals surface area contributed by atoms with E-state index in [0.717, 1.165) is 186 Å². The van der Waals surface area contributed by atoms with Crippen LogP contribution in [0.1, 0.15) is 390 Å². The minimum Gasteiger partial charge on any atom is -0.489 e. The third-order valence-electron chi connectivity index (χ3n) is 30.0. The van der Waals surface area contributed by atoms with Gasteiger partial charge in [0.05, 0.1) is 82.7 Å². The molecule has 0 saturated heterocycles. The Kier molecular flexibility index (Phi) is 47.0. The Labute approximate surface area is 867 Å². The second-order valence-corrected chi connectivity index (χ2v) is 58.6. The summed E-state index contributed by atoms with van der Waals surface area (Å²) in [5.74, 6) is 2.43. The summed E-state index contributed by atoms with van der Waals surface area (Å²) in [5, 5.41) is 2.68. The minimum absolute atomic E-state index is 0.205. The first kappa shape index (κ1) is 111. The van der Waals surface area contributed by atoms with E-state index < -0.39 is 27.8 Å². The van der Waals surface area contributed by atoms with Gasteiger partial charge in [0.1, 0.15) is 22.1 Å². The maximum Gasteiger partial charge on any atom is 0.172 e. The van der Waals surface area contributed by atoms with Crippen molar-refractivity contribution < 1.29 is 27.7 Å². The number of ether oxygens (including phenoxy) is 4. The van der Waals surface area contributed by atoms with Gasteiger partial charge < -0.3 is 18.9 Å². The first-order chi connectivity index (χ1) is 67.5. The zero-order valence-electron chi connectivity index (χ0n) is 87.9. The van der Waals surface area contributed by atoms with Crippen LogP contribution in [0.5, 0.6) is 23.0 Å². The Morgan fingerprint density at radius 2 is 0.551 bits per heavy atom. The molecule has 0 saturated carbocycles. The second kappa shape index (κ2) is 58.2. The molecule has 12 aromatic rings. The molecule has 0 aliphatic carbocycles. The van der Waals surface area contributed by atoms with Crippen molar-refractivity contribution in [2.75, 3.05) is 26.4 Å². The third-order valence-corrected chi connectivity index (χ3v) is 50.9. The zero-order chi connectivity index (χ0) is 97.8. The minimum atomic E-state index is -1.91. The summed E-state index contributed by atoms with van der Waals surface area (Å²) in [6.45, 7) is 39.4. The number of aromatic nitrogens is 4. The summed E-state index contributed by atoms with van der Waals surface area (Å²) in [7, 11) is -3.83. The van der Waals surface area contributed by atoms with E-state index in [1.165, 1.54) is 295 Å². The maximum atomic E-state index is 18.2. The fourth-order valence-corrected chi connectivity index (χ4v) is 43.3. The van der Waals surface area contributed by atoms with Gasteiger partial charge >= 0.3 is 0 Å². The number of fused-ring (bicyclic) bond motifs is 4. The number of thiophene rings is 6. The average Bonchev–Trinajstić information content (AvgIpc) is 1.55. The van der Waals surface area contributed by atoms with Crippen LogP contribution in [-0.2, 0) is 0 Å². The van der Waals surface area contributed by atoms with E-state index in [9.17, 15) is 0 Å². The maximum absolute atomic E-state index is 18.2. The average molecular weight is 2060 g/mol. The molecule has 138 heavy (non-hydrogen) atoms. The summed E-state index contributed by atoms with van der Waals surface area (Å²) in [5.41, 5.74) is 9.74. The first-order valence-corrected chi connectivity index (χ1v) is 67.2. The summed E-state index contributed by atoms with van der Waals surface area (Å²) in [6, 6.07) is 35.4. The lowest BCUT2D eigenvalue weighted by Gasteiger charge is -2.31. The molecule has 4 aromatic carbocycles. The largest absolute Gasteiger partial charge is 0.489 e. The number of rotatable bonds is 71. The standard InChI is InChI=1S/C118H172F2N4O4S8Si2/c1-17-31-45-49-57-85(53-35-21-5)79-125-113-84(16)109-110(122-135-121-109)104(114(113)126-80-86(54-36-22-6)58-50-46-32-18-2)97-65-63-93(130-97)89-61-62-90(108(120)107(89)119)94-64-66-98(131-94)105-111-112(124-136-123-111)106(116(128-82-88(56-38-24-8)60-52-48-34-20-4)115(105)127-81-87(55-37-23-7)59-51-47-33-19-3)99-78-92-103(96-68-70-101(133-96)138(74-42-28-12,75-43-29-13)76-44-30-14)117-91(77-83(15)129-117)102(118(92)134-99)95-67-69-100(132-95)137(71-39-25-9,72-40-26-10)73-41-27-11/h61-70,77-78,85-88H,17-60,71-76,79-82H2,1-16H3. The lowest BCUT2D eigenvalue weighted by Crippen LogP contribution is -2.45. The third kappa shape index (κ3) is 28.5. The highest BCUT2D eigenvalue weighted by Crippen LogP contribution is 2.59. The van der Waals surface area contributed by atoms with Crippen LogP contribution in [-0.4, -0.2) is 60.1 Å². The number of hydrogen-bond acceptors (Lipinski definition) is 16. The van der Waals surface area contributed by atoms with E-state index in [4.69, 9.17) is 36.4 Å². The van der Waals surface area contributed by atoms with Gasteiger partial charge in [-0.3, -0.25) is 0 Å². The SMILES string of the molecule is CCCCCCC(CCCC)COc1c(OCC(CCCC)CCCCCC)c(-c2ccc(-c3ccc(-c4ccc(-c5c(OCC(CCCC)CCCCCC)c(OCC(CCCC)CCCCCC)c(-c6cc7c(-c8ccc([Si](CCCC)(CCCC)CCCC)s8)c8sc(C)cc8c(-c8ccc([Si](CCCC)(CCCC)CCCC)s8)c7s6)c6nsnc56)s4)c(F)c3F)s2)c2nsnc2c1C. The van der Waals surface area contributed by atoms with Gasteiger partial charge in [-0.05, 0) is 159 Å². The van der Waals surface area contributed by atoms with Crippen LogP contribution in [0.25, 0.3) is 115 Å². The van der Waals surface area contributed by atoms with Crippen molar-refractivity contribution >= 4 is 159 Å². The molecule has 0 N–H and O–H groups in total. The fourth-order valence-electron chi connectivity index (χ4n) is 21.6. The van der Waals surface area contributed by atoms with Crippen LogP contribution in [0.15, 0.2) is 72.8 Å². The predicted octanol–water partition coefficient (Wildman–Crippen LogP) is 41.7. The molecule has 0 spiro atoms. The van der Waals surface area contributed by atoms with Gasteiger partial charge in [0.2, 0.25) is 0 Å². The Bertz CT molecular complexity index is 5440. The van der Waals surface area contributed by atoms with Gasteiger partial charge in [-0.2, -0.15) is 17.5 Å². The van der Waals surface area contributed by atoms with E-state index in [1.807, 2.05) is 40.9 Å². The molecule has 0 aliphatic rings. The van der Waals surface area contributed by atoms with Crippen molar-refractivity contribution in [1.82, 2.24) is 17.5 Å². The van der Waals surface area contributed by atoms with Gasteiger partial charge in [-0.25, -0.2) is 8.78 Å². The molecule has 758 valence electrons. The number of halogens is 2. The highest BCUT2D eigenvalue weighted by Gasteiger charge is 2.40. The predicted molar refractivity (Wildman–Crippen MR) is 616 cm³/mol. The van der Waals surface area contributed by atoms with Crippen molar-refractivity contribution in [3.05, 3.63) is 94.9 Å². The van der Waals surface area contributed by atoms with Crippen LogP contribution in [0.3, 0.4) is 0 Å². The van der Waals surface area contributed by atoms with E-state index in [2.05, 4.69) is 176 Å². The Morgan fingerprint density at radius 1 is 0.268 bits per heavy atom. The molecule has 0 aliphatic heterocycles. The van der Waals surface area contributed by atoms with Gasteiger partial charge in [-0.15, -0.1) is 68.0 Å². The zero-order valence-corrected chi connectivity index (χ0v) is 96.4. The smallest absolute Gasteiger partial charge is 0.172 e. The second-order valence-electron chi connectivity index (χ2n) is 41.0. The van der Waals surface area contributed by atoms with E-state index >= 15 is 8.78 Å². The summed E-state index contributed by atoms with van der Waals surface area (Å²) >= 11 is 13.6. The molecule has 12 rings (SSSR count). The van der Waals surface area contributed by atoms with Crippen LogP contribution < -0.4 is 27.9 Å². The molecule has 0 amide bonds. The molecule has 0 radical (unpaired) electrons. The van der Waals surface area contributed by atoms with Crippen molar-refractivity contribution in [2.24, 2.45) is 23.7 Å². The normalized spacial score (nSPS) is 13.1. The molecular weight excluding hydrogens is 1890 g/mol. The number of aryl methyl sites for hydroxylation is 2. The fraction of sp³-hybridized carbons (Fsp3) is 0.627. The molecule has 0 bridgehead atoms. The molecule has 20 heteroatoms. The van der Waals surface area contributed by atoms with Gasteiger partial charge in [0, 0.05) is 87.0 Å². The highest BCUT2D eigenvalue weighted by molar-refractivity contribution is 7.31. The van der Waals surface area contributed by atoms with Gasteiger partial charge in [0.25, 0.3) is 0 Å². The number of benzene rings is 4. The van der Waals surface area contributed by atoms with Crippen LogP contribution >= 0.6 is 91.5 Å². The quantitative estimate of drug-likeness (QED) is 0.0275. The lowest BCUT2D eigenvalue weighted by atomic mass is 9.95. The lowest BCUT2D eigenvalue weighted by molar-refractivity contribution is 0.193. The molecule has 8 heterocycles. The van der Waals surface area contributed by atoms with Gasteiger partial charge in [-0.1, -0.05) is 376 Å². The Hall–Kier alpha value is -5.27. The van der Waals surface area contributed by atoms with E-state index in [0.29, 0.717) is 71.4 Å². The van der Waals surface area contributed by atoms with Crippen molar-refractivity contribution in [3.63, 3.8) is 0 Å². The molecule has 4 atom stereocenters. The molecule has 8 aromatic heterocycles. The van der Waals surface area contributed by atoms with E-state index in [1.54, 1.807) is 21.1 Å². The summed E-state index contributed by atoms with van der Waals surface area (Å²) in [6.07, 6.45) is 52.0. The van der Waals surface area contributed by atoms with Crippen molar-refractivity contribution in [2.45, 2.75) is 430 Å². The van der Waals surface area contributed by atoms with Crippen LogP contribution in [0.2, 0.25) is 36.3 Å². The monoisotopic (exact) mass is 2060 g/mol.